The lowest BCUT2D eigenvalue weighted by atomic mass is 9.91. The van der Waals surface area contributed by atoms with E-state index in [2.05, 4.69) is 34.0 Å². The number of rotatable bonds is 7. The monoisotopic (exact) mass is 529 g/mol. The fourth-order valence-electron chi connectivity index (χ4n) is 5.58. The van der Waals surface area contributed by atoms with Gasteiger partial charge in [0.05, 0.1) is 23.1 Å². The Morgan fingerprint density at radius 3 is 2.63 bits per heavy atom. The van der Waals surface area contributed by atoms with Crippen molar-refractivity contribution in [1.29, 1.82) is 0 Å². The molecule has 38 heavy (non-hydrogen) atoms. The summed E-state index contributed by atoms with van der Waals surface area (Å²) in [6.07, 6.45) is -2.36. The topological polar surface area (TPSA) is 73.5 Å². The Balaban J connectivity index is 1.17. The number of likely N-dealkylation sites (tertiary alicyclic amines) is 1. The predicted octanol–water partition coefficient (Wildman–Crippen LogP) is 5.81. The van der Waals surface area contributed by atoms with Crippen LogP contribution < -0.4 is 10.2 Å². The van der Waals surface area contributed by atoms with E-state index in [4.69, 9.17) is 4.74 Å². The molecule has 1 amide bonds. The molecule has 2 aliphatic heterocycles. The zero-order chi connectivity index (χ0) is 27.1. The summed E-state index contributed by atoms with van der Waals surface area (Å²) >= 11 is 0. The van der Waals surface area contributed by atoms with Crippen molar-refractivity contribution < 1.29 is 22.7 Å². The van der Waals surface area contributed by atoms with Gasteiger partial charge >= 0.3 is 12.3 Å². The number of ether oxygens (including phenoxy) is 1. The van der Waals surface area contributed by atoms with Crippen LogP contribution in [-0.4, -0.2) is 58.9 Å². The maximum absolute atomic E-state index is 13.1. The highest BCUT2D eigenvalue weighted by molar-refractivity contribution is 5.90. The van der Waals surface area contributed by atoms with Crippen molar-refractivity contribution in [3.05, 3.63) is 59.4 Å². The van der Waals surface area contributed by atoms with Gasteiger partial charge in [0.1, 0.15) is 11.4 Å². The lowest BCUT2D eigenvalue weighted by Crippen LogP contribution is -2.50. The molecular formula is C28H34F3N5O2. The minimum atomic E-state index is -4.39. The first-order valence-corrected chi connectivity index (χ1v) is 13.2. The van der Waals surface area contributed by atoms with Crippen molar-refractivity contribution in [3.63, 3.8) is 0 Å². The highest BCUT2D eigenvalue weighted by Crippen LogP contribution is 2.36. The highest BCUT2D eigenvalue weighted by atomic mass is 19.4. The van der Waals surface area contributed by atoms with E-state index in [1.807, 2.05) is 31.2 Å². The summed E-state index contributed by atoms with van der Waals surface area (Å²) in [5, 5.41) is 3.58. The van der Waals surface area contributed by atoms with E-state index in [0.717, 1.165) is 55.7 Å². The van der Waals surface area contributed by atoms with Gasteiger partial charge in [0.25, 0.3) is 0 Å². The number of aromatic amines is 1. The van der Waals surface area contributed by atoms with Crippen LogP contribution in [0.1, 0.15) is 56.0 Å². The van der Waals surface area contributed by atoms with Gasteiger partial charge in [0.2, 0.25) is 0 Å². The number of benzene rings is 2. The quantitative estimate of drug-likeness (QED) is 0.404. The standard InChI is InChI=1S/C28H34F3N5O2/c1-4-22(25-33-23-9-8-20(28(29,30)31)15-24(23)34-25)19(3)32-17-35-12-10-27(11-13-35)16-36(26(37)38-27)21-7-5-6-18(2)14-21/h5-9,14-15,19,22,32H,4,10-13,16-17H2,1-3H3,(H,33,34). The summed E-state index contributed by atoms with van der Waals surface area (Å²) in [7, 11) is 0. The summed E-state index contributed by atoms with van der Waals surface area (Å²) in [5.74, 6) is 0.708. The third kappa shape index (κ3) is 5.37. The van der Waals surface area contributed by atoms with E-state index in [0.29, 0.717) is 30.1 Å². The fraction of sp³-hybridized carbons (Fsp3) is 0.500. The second-order valence-corrected chi connectivity index (χ2v) is 10.6. The highest BCUT2D eigenvalue weighted by Gasteiger charge is 2.47. The molecule has 7 nitrogen and oxygen atoms in total. The fourth-order valence-corrected chi connectivity index (χ4v) is 5.58. The molecule has 1 aromatic heterocycles. The van der Waals surface area contributed by atoms with E-state index >= 15 is 0 Å². The van der Waals surface area contributed by atoms with E-state index in [1.54, 1.807) is 4.90 Å². The number of imidazole rings is 1. The van der Waals surface area contributed by atoms with Gasteiger partial charge in [-0.05, 0) is 56.2 Å². The Bertz CT molecular complexity index is 1300. The first-order chi connectivity index (χ1) is 18.1. The van der Waals surface area contributed by atoms with Crippen molar-refractivity contribution in [3.8, 4) is 0 Å². The van der Waals surface area contributed by atoms with E-state index < -0.39 is 17.3 Å². The van der Waals surface area contributed by atoms with Crippen LogP contribution in [-0.2, 0) is 10.9 Å². The third-order valence-electron chi connectivity index (χ3n) is 7.91. The minimum Gasteiger partial charge on any atom is -0.441 e. The molecule has 2 fully saturated rings. The van der Waals surface area contributed by atoms with Gasteiger partial charge in [0, 0.05) is 50.2 Å². The van der Waals surface area contributed by atoms with Crippen LogP contribution in [0, 0.1) is 6.92 Å². The lowest BCUT2D eigenvalue weighted by molar-refractivity contribution is -0.137. The van der Waals surface area contributed by atoms with Crippen LogP contribution in [0.2, 0.25) is 0 Å². The Morgan fingerprint density at radius 2 is 1.95 bits per heavy atom. The molecule has 2 N–H and O–H groups in total. The van der Waals surface area contributed by atoms with Crippen LogP contribution in [0.25, 0.3) is 11.0 Å². The maximum atomic E-state index is 13.1. The van der Waals surface area contributed by atoms with Gasteiger partial charge in [-0.15, -0.1) is 0 Å². The Kier molecular flexibility index (Phi) is 7.13. The third-order valence-corrected chi connectivity index (χ3v) is 7.91. The molecule has 1 spiro atoms. The van der Waals surface area contributed by atoms with Gasteiger partial charge in [-0.25, -0.2) is 9.78 Å². The van der Waals surface area contributed by atoms with E-state index in [1.165, 1.54) is 6.07 Å². The number of hydrogen-bond donors (Lipinski definition) is 2. The normalized spacial score (nSPS) is 19.7. The summed E-state index contributed by atoms with van der Waals surface area (Å²) in [6.45, 7) is 8.97. The second kappa shape index (κ2) is 10.2. The summed E-state index contributed by atoms with van der Waals surface area (Å²) in [4.78, 5) is 24.4. The van der Waals surface area contributed by atoms with Crippen molar-refractivity contribution in [2.75, 3.05) is 31.2 Å². The number of H-pyrrole nitrogens is 1. The van der Waals surface area contributed by atoms with Crippen molar-refractivity contribution >= 4 is 22.8 Å². The largest absolute Gasteiger partial charge is 0.441 e. The molecule has 10 heteroatoms. The molecule has 204 valence electrons. The van der Waals surface area contributed by atoms with Crippen LogP contribution in [0.4, 0.5) is 23.7 Å². The number of aromatic nitrogens is 2. The number of hydrogen-bond acceptors (Lipinski definition) is 5. The first-order valence-electron chi connectivity index (χ1n) is 13.2. The Hall–Kier alpha value is -3.11. The van der Waals surface area contributed by atoms with Crippen LogP contribution in [0.5, 0.6) is 0 Å². The van der Waals surface area contributed by atoms with Gasteiger partial charge in [-0.3, -0.25) is 9.80 Å². The molecule has 5 rings (SSSR count). The molecule has 2 saturated heterocycles. The van der Waals surface area contributed by atoms with Crippen molar-refractivity contribution in [1.82, 2.24) is 20.2 Å². The average molecular weight is 530 g/mol. The average Bonchev–Trinajstić information content (AvgIpc) is 3.44. The van der Waals surface area contributed by atoms with Crippen LogP contribution >= 0.6 is 0 Å². The van der Waals surface area contributed by atoms with Gasteiger partial charge in [-0.1, -0.05) is 19.1 Å². The van der Waals surface area contributed by atoms with E-state index in [-0.39, 0.29) is 18.1 Å². The van der Waals surface area contributed by atoms with Gasteiger partial charge < -0.3 is 15.0 Å². The molecule has 2 aliphatic rings. The first kappa shape index (κ1) is 26.5. The predicted molar refractivity (Wildman–Crippen MR) is 140 cm³/mol. The number of piperidine rings is 1. The van der Waals surface area contributed by atoms with Gasteiger partial charge in [0.15, 0.2) is 0 Å². The number of nitrogens with one attached hydrogen (secondary N) is 2. The summed E-state index contributed by atoms with van der Waals surface area (Å²) in [6, 6.07) is 11.6. The number of aryl methyl sites for hydroxylation is 1. The molecule has 2 atom stereocenters. The Morgan fingerprint density at radius 1 is 1.18 bits per heavy atom. The maximum Gasteiger partial charge on any atom is 0.416 e. The van der Waals surface area contributed by atoms with Crippen LogP contribution in [0.15, 0.2) is 42.5 Å². The van der Waals surface area contributed by atoms with Crippen molar-refractivity contribution in [2.45, 2.75) is 63.8 Å². The molecule has 3 heterocycles. The van der Waals surface area contributed by atoms with Gasteiger partial charge in [-0.2, -0.15) is 13.2 Å². The molecular weight excluding hydrogens is 495 g/mol. The van der Waals surface area contributed by atoms with E-state index in [9.17, 15) is 18.0 Å². The molecule has 0 bridgehead atoms. The number of nitrogens with zero attached hydrogens (tertiary/aromatic N) is 3. The molecule has 3 aromatic rings. The number of carbonyl (C=O) groups is 1. The molecule has 0 aliphatic carbocycles. The number of amides is 1. The molecule has 0 saturated carbocycles. The molecule has 2 unspecified atom stereocenters. The minimum absolute atomic E-state index is 0.0199. The van der Waals surface area contributed by atoms with Crippen LogP contribution in [0.3, 0.4) is 0 Å². The lowest BCUT2D eigenvalue weighted by Gasteiger charge is -2.38. The molecule has 0 radical (unpaired) electrons. The zero-order valence-corrected chi connectivity index (χ0v) is 21.9. The number of fused-ring (bicyclic) bond motifs is 1. The number of carbonyl (C=O) groups excluding carboxylic acids is 1. The smallest absolute Gasteiger partial charge is 0.416 e. The number of halogens is 3. The second-order valence-electron chi connectivity index (χ2n) is 10.6. The number of anilines is 1. The molecule has 2 aromatic carbocycles. The van der Waals surface area contributed by atoms with Crippen molar-refractivity contribution in [2.24, 2.45) is 0 Å². The number of alkyl halides is 3. The zero-order valence-electron chi connectivity index (χ0n) is 21.9. The SMILES string of the molecule is CCC(c1nc2ccc(C(F)(F)F)cc2[nH]1)C(C)NCN1CCC2(CC1)CN(c1cccc(C)c1)C(=O)O2. The Labute approximate surface area is 220 Å². The summed E-state index contributed by atoms with van der Waals surface area (Å²) < 4.78 is 45.2. The summed E-state index contributed by atoms with van der Waals surface area (Å²) in [5.41, 5.74) is 1.76.